The molecular weight excluding hydrogens is 322 g/mol. The molecule has 6 nitrogen and oxygen atoms in total. The van der Waals surface area contributed by atoms with E-state index in [1.165, 1.54) is 0 Å². The standard InChI is InChI=1S/C19H25NO5/c1-23-18-8-3-14(11-19(18)24-2)9-10-20-12-16(22)13-25-17-6-4-15(21)5-7-17/h3-8,11,16,20-22H,9-10,12-13H2,1-2H3. The van der Waals surface area contributed by atoms with E-state index in [1.807, 2.05) is 18.2 Å². The fourth-order valence-corrected chi connectivity index (χ4v) is 2.33. The Hall–Kier alpha value is -2.44. The lowest BCUT2D eigenvalue weighted by molar-refractivity contribution is 0.106. The van der Waals surface area contributed by atoms with Gasteiger partial charge < -0.3 is 29.7 Å². The molecule has 0 saturated carbocycles. The van der Waals surface area contributed by atoms with E-state index in [4.69, 9.17) is 14.2 Å². The highest BCUT2D eigenvalue weighted by atomic mass is 16.5. The SMILES string of the molecule is COc1ccc(CCNCC(O)COc2ccc(O)cc2)cc1OC. The van der Waals surface area contributed by atoms with Crippen molar-refractivity contribution >= 4 is 0 Å². The lowest BCUT2D eigenvalue weighted by atomic mass is 10.1. The van der Waals surface area contributed by atoms with E-state index in [9.17, 15) is 10.2 Å². The average Bonchev–Trinajstić information content (AvgIpc) is 2.64. The van der Waals surface area contributed by atoms with Crippen molar-refractivity contribution < 1.29 is 24.4 Å². The quantitative estimate of drug-likeness (QED) is 0.570. The maximum absolute atomic E-state index is 9.94. The molecule has 0 aliphatic carbocycles. The van der Waals surface area contributed by atoms with Crippen LogP contribution >= 0.6 is 0 Å². The molecule has 25 heavy (non-hydrogen) atoms. The van der Waals surface area contributed by atoms with Gasteiger partial charge in [-0.05, 0) is 54.9 Å². The number of aromatic hydroxyl groups is 1. The second-order valence-electron chi connectivity index (χ2n) is 5.60. The zero-order valence-corrected chi connectivity index (χ0v) is 14.6. The van der Waals surface area contributed by atoms with E-state index >= 15 is 0 Å². The largest absolute Gasteiger partial charge is 0.508 e. The van der Waals surface area contributed by atoms with Gasteiger partial charge in [-0.1, -0.05) is 6.07 Å². The van der Waals surface area contributed by atoms with Crippen LogP contribution in [0.2, 0.25) is 0 Å². The molecule has 0 saturated heterocycles. The summed E-state index contributed by atoms with van der Waals surface area (Å²) in [5.41, 5.74) is 1.12. The fraction of sp³-hybridized carbons (Fsp3) is 0.368. The monoisotopic (exact) mass is 347 g/mol. The fourth-order valence-electron chi connectivity index (χ4n) is 2.33. The number of hydrogen-bond acceptors (Lipinski definition) is 6. The van der Waals surface area contributed by atoms with Crippen LogP contribution in [0.3, 0.4) is 0 Å². The average molecular weight is 347 g/mol. The van der Waals surface area contributed by atoms with Crippen LogP contribution in [0.4, 0.5) is 0 Å². The van der Waals surface area contributed by atoms with E-state index in [2.05, 4.69) is 5.32 Å². The molecule has 0 radical (unpaired) electrons. The minimum absolute atomic E-state index is 0.185. The minimum atomic E-state index is -0.612. The third-order valence-corrected chi connectivity index (χ3v) is 3.70. The first-order valence-corrected chi connectivity index (χ1v) is 8.14. The van der Waals surface area contributed by atoms with Crippen LogP contribution in [-0.4, -0.2) is 50.2 Å². The number of aliphatic hydroxyl groups excluding tert-OH is 1. The van der Waals surface area contributed by atoms with Crippen molar-refractivity contribution in [2.45, 2.75) is 12.5 Å². The normalized spacial score (nSPS) is 11.8. The van der Waals surface area contributed by atoms with Crippen molar-refractivity contribution in [1.82, 2.24) is 5.32 Å². The molecule has 6 heteroatoms. The number of hydrogen-bond donors (Lipinski definition) is 3. The first kappa shape index (κ1) is 18.9. The van der Waals surface area contributed by atoms with Crippen LogP contribution < -0.4 is 19.5 Å². The maximum atomic E-state index is 9.94. The summed E-state index contributed by atoms with van der Waals surface area (Å²) in [7, 11) is 3.23. The topological polar surface area (TPSA) is 80.2 Å². The van der Waals surface area contributed by atoms with Crippen molar-refractivity contribution in [3.05, 3.63) is 48.0 Å². The lowest BCUT2D eigenvalue weighted by Gasteiger charge is -2.14. The van der Waals surface area contributed by atoms with Crippen molar-refractivity contribution in [2.24, 2.45) is 0 Å². The van der Waals surface area contributed by atoms with Crippen LogP contribution in [0.15, 0.2) is 42.5 Å². The zero-order chi connectivity index (χ0) is 18.1. The molecule has 0 aromatic heterocycles. The molecule has 0 amide bonds. The molecule has 0 spiro atoms. The maximum Gasteiger partial charge on any atom is 0.160 e. The molecule has 2 rings (SSSR count). The van der Waals surface area contributed by atoms with E-state index in [0.717, 1.165) is 18.5 Å². The Morgan fingerprint density at radius 2 is 1.72 bits per heavy atom. The Bertz CT molecular complexity index is 645. The van der Waals surface area contributed by atoms with Gasteiger partial charge in [-0.2, -0.15) is 0 Å². The minimum Gasteiger partial charge on any atom is -0.508 e. The smallest absolute Gasteiger partial charge is 0.160 e. The molecule has 0 bridgehead atoms. The van der Waals surface area contributed by atoms with Crippen molar-refractivity contribution in [2.75, 3.05) is 33.9 Å². The van der Waals surface area contributed by atoms with Gasteiger partial charge in [0, 0.05) is 6.54 Å². The lowest BCUT2D eigenvalue weighted by Crippen LogP contribution is -2.32. The van der Waals surface area contributed by atoms with Crippen LogP contribution in [-0.2, 0) is 6.42 Å². The third-order valence-electron chi connectivity index (χ3n) is 3.70. The molecule has 1 unspecified atom stereocenters. The van der Waals surface area contributed by atoms with Crippen molar-refractivity contribution in [3.8, 4) is 23.0 Å². The van der Waals surface area contributed by atoms with Gasteiger partial charge in [0.05, 0.1) is 14.2 Å². The van der Waals surface area contributed by atoms with Crippen LogP contribution in [0.5, 0.6) is 23.0 Å². The van der Waals surface area contributed by atoms with Gasteiger partial charge in [0.1, 0.15) is 24.2 Å². The predicted molar refractivity (Wildman–Crippen MR) is 95.7 cm³/mol. The highest BCUT2D eigenvalue weighted by Crippen LogP contribution is 2.27. The summed E-state index contributed by atoms with van der Waals surface area (Å²) < 4.78 is 16.0. The summed E-state index contributed by atoms with van der Waals surface area (Å²) in [6.45, 7) is 1.35. The second-order valence-corrected chi connectivity index (χ2v) is 5.60. The Balaban J connectivity index is 1.67. The molecule has 1 atom stereocenters. The third kappa shape index (κ3) is 6.17. The van der Waals surface area contributed by atoms with E-state index in [-0.39, 0.29) is 12.4 Å². The first-order chi connectivity index (χ1) is 12.1. The molecular formula is C19H25NO5. The Morgan fingerprint density at radius 1 is 1.00 bits per heavy atom. The summed E-state index contributed by atoms with van der Waals surface area (Å²) in [5.74, 6) is 2.22. The molecule has 0 aliphatic rings. The van der Waals surface area contributed by atoms with Gasteiger partial charge in [-0.25, -0.2) is 0 Å². The Labute approximate surface area is 148 Å². The molecule has 2 aromatic carbocycles. The zero-order valence-electron chi connectivity index (χ0n) is 14.6. The van der Waals surface area contributed by atoms with Gasteiger partial charge in [0.15, 0.2) is 11.5 Å². The molecule has 3 N–H and O–H groups in total. The number of benzene rings is 2. The number of aliphatic hydroxyl groups is 1. The van der Waals surface area contributed by atoms with Crippen LogP contribution in [0.1, 0.15) is 5.56 Å². The van der Waals surface area contributed by atoms with Gasteiger partial charge >= 0.3 is 0 Å². The van der Waals surface area contributed by atoms with E-state index in [1.54, 1.807) is 38.5 Å². The number of ether oxygens (including phenoxy) is 3. The first-order valence-electron chi connectivity index (χ1n) is 8.14. The number of phenols is 1. The summed E-state index contributed by atoms with van der Waals surface area (Å²) >= 11 is 0. The summed E-state index contributed by atoms with van der Waals surface area (Å²) in [5, 5.41) is 22.3. The number of nitrogens with one attached hydrogen (secondary N) is 1. The number of phenolic OH excluding ortho intramolecular Hbond substituents is 1. The summed E-state index contributed by atoms with van der Waals surface area (Å²) in [6.07, 6.45) is 0.200. The second kappa shape index (κ2) is 9.76. The molecule has 136 valence electrons. The predicted octanol–water partition coefficient (Wildman–Crippen LogP) is 1.98. The molecule has 0 aliphatic heterocycles. The van der Waals surface area contributed by atoms with Crippen molar-refractivity contribution in [1.29, 1.82) is 0 Å². The highest BCUT2D eigenvalue weighted by molar-refractivity contribution is 5.42. The van der Waals surface area contributed by atoms with Gasteiger partial charge in [-0.3, -0.25) is 0 Å². The van der Waals surface area contributed by atoms with Crippen molar-refractivity contribution in [3.63, 3.8) is 0 Å². The number of methoxy groups -OCH3 is 2. The van der Waals surface area contributed by atoms with Crippen LogP contribution in [0, 0.1) is 0 Å². The van der Waals surface area contributed by atoms with Gasteiger partial charge in [0.25, 0.3) is 0 Å². The van der Waals surface area contributed by atoms with E-state index in [0.29, 0.717) is 23.8 Å². The van der Waals surface area contributed by atoms with Crippen LogP contribution in [0.25, 0.3) is 0 Å². The Kier molecular flexibility index (Phi) is 7.37. The summed E-state index contributed by atoms with van der Waals surface area (Å²) in [4.78, 5) is 0. The van der Waals surface area contributed by atoms with E-state index < -0.39 is 6.10 Å². The number of rotatable bonds is 10. The molecule has 2 aromatic rings. The molecule has 0 fully saturated rings. The van der Waals surface area contributed by atoms with Gasteiger partial charge in [0.2, 0.25) is 0 Å². The highest BCUT2D eigenvalue weighted by Gasteiger charge is 2.07. The Morgan fingerprint density at radius 3 is 2.40 bits per heavy atom. The van der Waals surface area contributed by atoms with Gasteiger partial charge in [-0.15, -0.1) is 0 Å². The molecule has 0 heterocycles. The summed E-state index contributed by atoms with van der Waals surface area (Å²) in [6, 6.07) is 12.2.